The van der Waals surface area contributed by atoms with E-state index in [9.17, 15) is 5.26 Å². The zero-order valence-corrected chi connectivity index (χ0v) is 24.8. The third kappa shape index (κ3) is 4.87. The van der Waals surface area contributed by atoms with Gasteiger partial charge in [0.2, 0.25) is 0 Å². The summed E-state index contributed by atoms with van der Waals surface area (Å²) in [6.07, 6.45) is 0. The molecule has 0 saturated heterocycles. The van der Waals surface area contributed by atoms with E-state index in [1.165, 1.54) is 10.8 Å². The van der Waals surface area contributed by atoms with Crippen molar-refractivity contribution in [3.63, 3.8) is 0 Å². The van der Waals surface area contributed by atoms with E-state index in [0.717, 1.165) is 49.7 Å². The van der Waals surface area contributed by atoms with Gasteiger partial charge in [0, 0.05) is 22.1 Å². The fourth-order valence-corrected chi connectivity index (χ4v) is 6.16. The van der Waals surface area contributed by atoms with E-state index < -0.39 is 0 Å². The number of nitrogens with zero attached hydrogens (tertiary/aromatic N) is 4. The minimum Gasteiger partial charge on any atom is -0.208 e. The Bertz CT molecular complexity index is 2350. The smallest absolute Gasteiger partial charge is 0.164 e. The van der Waals surface area contributed by atoms with Crippen LogP contribution < -0.4 is 0 Å². The summed E-state index contributed by atoms with van der Waals surface area (Å²) < 4.78 is 0. The molecule has 4 heteroatoms. The first kappa shape index (κ1) is 27.1. The van der Waals surface area contributed by atoms with Crippen molar-refractivity contribution < 1.29 is 0 Å². The number of hydrogen-bond donors (Lipinski definition) is 0. The van der Waals surface area contributed by atoms with Gasteiger partial charge in [-0.05, 0) is 44.5 Å². The van der Waals surface area contributed by atoms with Crippen LogP contribution in [0.2, 0.25) is 0 Å². The molecule has 4 nitrogen and oxygen atoms in total. The van der Waals surface area contributed by atoms with E-state index in [1.54, 1.807) is 0 Å². The molecule has 214 valence electrons. The molecule has 0 aliphatic carbocycles. The highest BCUT2D eigenvalue weighted by Crippen LogP contribution is 2.41. The second kappa shape index (κ2) is 11.6. The molecule has 1 heterocycles. The SMILES string of the molecule is N#Cc1ccc(-c2ccc3ccccc3c2-c2ccc(-c3nc(-c4ccccc4)nc(-c4ccccc4)n3)cc2)c2ccccc12. The Morgan fingerprint density at radius 2 is 0.848 bits per heavy atom. The Labute approximate surface area is 266 Å². The lowest BCUT2D eigenvalue weighted by Gasteiger charge is -2.17. The van der Waals surface area contributed by atoms with Crippen molar-refractivity contribution in [2.24, 2.45) is 0 Å². The molecule has 0 atom stereocenters. The summed E-state index contributed by atoms with van der Waals surface area (Å²) in [4.78, 5) is 14.7. The van der Waals surface area contributed by atoms with Gasteiger partial charge < -0.3 is 0 Å². The quantitative estimate of drug-likeness (QED) is 0.201. The van der Waals surface area contributed by atoms with Crippen LogP contribution in [0.25, 0.3) is 78.0 Å². The second-order valence-electron chi connectivity index (χ2n) is 11.1. The maximum atomic E-state index is 9.79. The van der Waals surface area contributed by atoms with E-state index >= 15 is 0 Å². The van der Waals surface area contributed by atoms with Gasteiger partial charge >= 0.3 is 0 Å². The van der Waals surface area contributed by atoms with Crippen molar-refractivity contribution >= 4 is 21.5 Å². The highest BCUT2D eigenvalue weighted by atomic mass is 15.0. The van der Waals surface area contributed by atoms with Gasteiger partial charge in [-0.1, -0.05) is 152 Å². The average Bonchev–Trinajstić information content (AvgIpc) is 3.14. The van der Waals surface area contributed by atoms with Crippen LogP contribution in [0.15, 0.2) is 158 Å². The molecule has 46 heavy (non-hydrogen) atoms. The summed E-state index contributed by atoms with van der Waals surface area (Å²) >= 11 is 0. The van der Waals surface area contributed by atoms with Gasteiger partial charge in [-0.3, -0.25) is 0 Å². The minimum absolute atomic E-state index is 0.621. The topological polar surface area (TPSA) is 62.5 Å². The Kier molecular flexibility index (Phi) is 6.83. The first-order valence-electron chi connectivity index (χ1n) is 15.2. The fourth-order valence-electron chi connectivity index (χ4n) is 6.16. The van der Waals surface area contributed by atoms with Crippen LogP contribution in [0.5, 0.6) is 0 Å². The number of aromatic nitrogens is 3. The monoisotopic (exact) mass is 586 g/mol. The third-order valence-electron chi connectivity index (χ3n) is 8.39. The van der Waals surface area contributed by atoms with Gasteiger partial charge in [-0.15, -0.1) is 0 Å². The van der Waals surface area contributed by atoms with Crippen LogP contribution in [0.1, 0.15) is 5.56 Å². The van der Waals surface area contributed by atoms with Crippen LogP contribution in [0, 0.1) is 11.3 Å². The van der Waals surface area contributed by atoms with Crippen molar-refractivity contribution in [2.45, 2.75) is 0 Å². The van der Waals surface area contributed by atoms with Gasteiger partial charge in [0.1, 0.15) is 0 Å². The summed E-state index contributed by atoms with van der Waals surface area (Å²) in [5, 5.41) is 14.1. The molecule has 0 saturated carbocycles. The van der Waals surface area contributed by atoms with Crippen LogP contribution in [0.4, 0.5) is 0 Å². The molecule has 0 fully saturated rings. The van der Waals surface area contributed by atoms with Crippen molar-refractivity contribution in [2.75, 3.05) is 0 Å². The lowest BCUT2D eigenvalue weighted by atomic mass is 9.87. The molecule has 0 aliphatic heterocycles. The third-order valence-corrected chi connectivity index (χ3v) is 8.39. The number of fused-ring (bicyclic) bond motifs is 2. The Balaban J connectivity index is 1.29. The Hall–Kier alpha value is -6.44. The Morgan fingerprint density at radius 3 is 1.46 bits per heavy atom. The highest BCUT2D eigenvalue weighted by Gasteiger charge is 2.17. The molecular weight excluding hydrogens is 560 g/mol. The van der Waals surface area contributed by atoms with Crippen molar-refractivity contribution in [1.29, 1.82) is 5.26 Å². The molecule has 8 aromatic rings. The Morgan fingerprint density at radius 1 is 0.370 bits per heavy atom. The van der Waals surface area contributed by atoms with E-state index in [1.807, 2.05) is 84.9 Å². The molecule has 0 N–H and O–H groups in total. The molecule has 0 unspecified atom stereocenters. The zero-order valence-electron chi connectivity index (χ0n) is 24.8. The maximum Gasteiger partial charge on any atom is 0.164 e. The molecule has 8 rings (SSSR count). The standard InChI is InChI=1S/C42H26N4/c43-27-33-24-25-37(36-18-10-9-16-34(33)36)38-26-23-28-11-7-8-17-35(28)39(38)29-19-21-32(22-20-29)42-45-40(30-12-3-1-4-13-30)44-41(46-42)31-14-5-2-6-15-31/h1-26H. The number of nitriles is 1. The van der Waals surface area contributed by atoms with Crippen LogP contribution >= 0.6 is 0 Å². The minimum atomic E-state index is 0.621. The van der Waals surface area contributed by atoms with Gasteiger partial charge in [-0.25, -0.2) is 15.0 Å². The highest BCUT2D eigenvalue weighted by molar-refractivity contribution is 6.09. The zero-order chi connectivity index (χ0) is 30.9. The normalized spacial score (nSPS) is 11.0. The van der Waals surface area contributed by atoms with E-state index in [2.05, 4.69) is 78.9 Å². The summed E-state index contributed by atoms with van der Waals surface area (Å²) in [7, 11) is 0. The summed E-state index contributed by atoms with van der Waals surface area (Å²) in [5.41, 5.74) is 7.90. The predicted molar refractivity (Wildman–Crippen MR) is 187 cm³/mol. The van der Waals surface area contributed by atoms with E-state index in [-0.39, 0.29) is 0 Å². The molecule has 0 radical (unpaired) electrons. The van der Waals surface area contributed by atoms with Crippen LogP contribution in [-0.2, 0) is 0 Å². The van der Waals surface area contributed by atoms with Gasteiger partial charge in [0.15, 0.2) is 17.5 Å². The molecular formula is C42H26N4. The largest absolute Gasteiger partial charge is 0.208 e. The molecule has 0 spiro atoms. The van der Waals surface area contributed by atoms with Gasteiger partial charge in [0.25, 0.3) is 0 Å². The predicted octanol–water partition coefficient (Wildman–Crippen LogP) is 10.4. The van der Waals surface area contributed by atoms with Crippen molar-refractivity contribution in [3.8, 4) is 62.5 Å². The molecule has 0 aliphatic rings. The van der Waals surface area contributed by atoms with Crippen molar-refractivity contribution in [3.05, 3.63) is 163 Å². The lowest BCUT2D eigenvalue weighted by molar-refractivity contribution is 1.07. The van der Waals surface area contributed by atoms with Crippen LogP contribution in [-0.4, -0.2) is 15.0 Å². The van der Waals surface area contributed by atoms with Crippen LogP contribution in [0.3, 0.4) is 0 Å². The number of hydrogen-bond acceptors (Lipinski definition) is 4. The van der Waals surface area contributed by atoms with Gasteiger partial charge in [-0.2, -0.15) is 5.26 Å². The molecule has 0 bridgehead atoms. The van der Waals surface area contributed by atoms with E-state index in [0.29, 0.717) is 23.0 Å². The molecule has 0 amide bonds. The molecule has 7 aromatic carbocycles. The first-order chi connectivity index (χ1) is 22.8. The molecule has 1 aromatic heterocycles. The second-order valence-corrected chi connectivity index (χ2v) is 11.1. The summed E-state index contributed by atoms with van der Waals surface area (Å²) in [5.74, 6) is 1.89. The number of rotatable bonds is 5. The van der Waals surface area contributed by atoms with E-state index in [4.69, 9.17) is 15.0 Å². The maximum absolute atomic E-state index is 9.79. The van der Waals surface area contributed by atoms with Gasteiger partial charge in [0.05, 0.1) is 11.6 Å². The number of benzene rings is 7. The summed E-state index contributed by atoms with van der Waals surface area (Å²) in [6.45, 7) is 0. The lowest BCUT2D eigenvalue weighted by Crippen LogP contribution is -2.00. The fraction of sp³-hybridized carbons (Fsp3) is 0. The van der Waals surface area contributed by atoms with Crippen molar-refractivity contribution in [1.82, 2.24) is 15.0 Å². The average molecular weight is 587 g/mol. The first-order valence-corrected chi connectivity index (χ1v) is 15.2. The summed E-state index contributed by atoms with van der Waals surface area (Å²) in [6, 6.07) is 55.9.